The predicted octanol–water partition coefficient (Wildman–Crippen LogP) is 10.0. The highest BCUT2D eigenvalue weighted by atomic mass is 14.2. The van der Waals surface area contributed by atoms with E-state index in [-0.39, 0.29) is 0 Å². The molecule has 7 aromatic rings. The summed E-state index contributed by atoms with van der Waals surface area (Å²) in [4.78, 5) is 0. The van der Waals surface area contributed by atoms with Crippen molar-refractivity contribution in [3.8, 4) is 39.4 Å². The lowest BCUT2D eigenvalue weighted by Crippen LogP contribution is -1.86. The van der Waals surface area contributed by atoms with E-state index in [1.807, 2.05) is 18.2 Å². The fourth-order valence-corrected chi connectivity index (χ4v) is 5.53. The lowest BCUT2D eigenvalue weighted by atomic mass is 9.91. The van der Waals surface area contributed by atoms with Crippen molar-refractivity contribution in [1.29, 1.82) is 5.26 Å². The number of hydrogen-bond acceptors (Lipinski definition) is 1. The second-order valence-corrected chi connectivity index (χ2v) is 9.74. The first kappa shape index (κ1) is 22.0. The molecule has 1 heteroatoms. The predicted molar refractivity (Wildman–Crippen MR) is 160 cm³/mol. The van der Waals surface area contributed by atoms with Crippen LogP contribution in [0.15, 0.2) is 140 Å². The Morgan fingerprint density at radius 1 is 0.368 bits per heavy atom. The maximum Gasteiger partial charge on any atom is 0.0991 e. The van der Waals surface area contributed by atoms with Crippen molar-refractivity contribution in [2.24, 2.45) is 0 Å². The van der Waals surface area contributed by atoms with Gasteiger partial charge in [0.05, 0.1) is 11.6 Å². The number of benzene rings is 7. The molecular weight excluding hydrogens is 458 g/mol. The van der Waals surface area contributed by atoms with Crippen LogP contribution in [0.25, 0.3) is 65.7 Å². The molecule has 0 fully saturated rings. The number of hydrogen-bond donors (Lipinski definition) is 0. The number of nitrogens with zero attached hydrogens (tertiary/aromatic N) is 1. The van der Waals surface area contributed by atoms with Crippen molar-refractivity contribution in [3.63, 3.8) is 0 Å². The fourth-order valence-electron chi connectivity index (χ4n) is 5.53. The Morgan fingerprint density at radius 3 is 1.71 bits per heavy atom. The molecule has 0 aliphatic carbocycles. The first-order valence-electron chi connectivity index (χ1n) is 12.8. The van der Waals surface area contributed by atoms with Gasteiger partial charge in [0.25, 0.3) is 0 Å². The molecule has 0 aliphatic heterocycles. The second-order valence-electron chi connectivity index (χ2n) is 9.74. The van der Waals surface area contributed by atoms with E-state index in [2.05, 4.69) is 127 Å². The van der Waals surface area contributed by atoms with Gasteiger partial charge in [-0.05, 0) is 102 Å². The quantitative estimate of drug-likeness (QED) is 0.230. The number of fused-ring (bicyclic) bond motifs is 4. The number of rotatable bonds is 3. The van der Waals surface area contributed by atoms with Gasteiger partial charge in [-0.1, -0.05) is 103 Å². The lowest BCUT2D eigenvalue weighted by Gasteiger charge is -2.12. The average molecular weight is 482 g/mol. The molecule has 176 valence electrons. The van der Waals surface area contributed by atoms with Crippen LogP contribution >= 0.6 is 0 Å². The van der Waals surface area contributed by atoms with Gasteiger partial charge < -0.3 is 0 Å². The largest absolute Gasteiger partial charge is 0.192 e. The summed E-state index contributed by atoms with van der Waals surface area (Å²) >= 11 is 0. The molecule has 1 nitrogen and oxygen atoms in total. The molecule has 0 radical (unpaired) electrons. The minimum atomic E-state index is 0.675. The van der Waals surface area contributed by atoms with E-state index in [1.54, 1.807) is 0 Å². The highest BCUT2D eigenvalue weighted by Gasteiger charge is 2.10. The van der Waals surface area contributed by atoms with Crippen LogP contribution in [0.4, 0.5) is 0 Å². The van der Waals surface area contributed by atoms with E-state index < -0.39 is 0 Å². The van der Waals surface area contributed by atoms with Gasteiger partial charge in [-0.15, -0.1) is 0 Å². The third kappa shape index (κ3) is 3.81. The molecule has 0 saturated heterocycles. The molecule has 0 bridgehead atoms. The van der Waals surface area contributed by atoms with E-state index in [0.717, 1.165) is 16.7 Å². The molecule has 0 amide bonds. The third-order valence-electron chi connectivity index (χ3n) is 7.44. The van der Waals surface area contributed by atoms with Crippen molar-refractivity contribution in [2.75, 3.05) is 0 Å². The summed E-state index contributed by atoms with van der Waals surface area (Å²) < 4.78 is 0. The topological polar surface area (TPSA) is 23.8 Å². The van der Waals surface area contributed by atoms with E-state index in [0.29, 0.717) is 5.56 Å². The monoisotopic (exact) mass is 481 g/mol. The molecule has 0 saturated carbocycles. The molecule has 0 N–H and O–H groups in total. The molecular formula is C37H23N. The van der Waals surface area contributed by atoms with Gasteiger partial charge in [0.1, 0.15) is 0 Å². The average Bonchev–Trinajstić information content (AvgIpc) is 3.00. The Labute approximate surface area is 221 Å². The molecule has 0 aliphatic rings. The highest BCUT2D eigenvalue weighted by Crippen LogP contribution is 2.37. The van der Waals surface area contributed by atoms with Crippen LogP contribution in [0.3, 0.4) is 0 Å². The van der Waals surface area contributed by atoms with E-state index in [1.165, 1.54) is 49.0 Å². The molecule has 7 aromatic carbocycles. The maximum atomic E-state index is 9.28. The summed E-state index contributed by atoms with van der Waals surface area (Å²) in [6.07, 6.45) is 0. The van der Waals surface area contributed by atoms with Gasteiger partial charge in [-0.3, -0.25) is 0 Å². The summed E-state index contributed by atoms with van der Waals surface area (Å²) in [5, 5.41) is 16.8. The van der Waals surface area contributed by atoms with Crippen molar-refractivity contribution in [3.05, 3.63) is 145 Å². The zero-order valence-corrected chi connectivity index (χ0v) is 20.7. The minimum absolute atomic E-state index is 0.675. The van der Waals surface area contributed by atoms with Gasteiger partial charge in [0, 0.05) is 0 Å². The molecule has 38 heavy (non-hydrogen) atoms. The van der Waals surface area contributed by atoms with Gasteiger partial charge in [0.15, 0.2) is 0 Å². The van der Waals surface area contributed by atoms with Crippen molar-refractivity contribution in [2.45, 2.75) is 0 Å². The standard InChI is InChI=1S/C37H23N/c38-24-25-7-5-9-26(19-25)27-10-6-11-28(20-27)29-15-16-31-22-33(18-17-30(31)21-29)37-23-32-8-1-2-12-34(32)35-13-3-4-14-36(35)37/h1-23H. The Kier molecular flexibility index (Phi) is 5.24. The Balaban J connectivity index is 1.31. The first-order valence-corrected chi connectivity index (χ1v) is 12.8. The molecule has 0 aromatic heterocycles. The summed E-state index contributed by atoms with van der Waals surface area (Å²) in [6.45, 7) is 0. The molecule has 7 rings (SSSR count). The van der Waals surface area contributed by atoms with Crippen LogP contribution in [0.1, 0.15) is 5.56 Å². The highest BCUT2D eigenvalue weighted by molar-refractivity contribution is 6.14. The molecule has 0 heterocycles. The lowest BCUT2D eigenvalue weighted by molar-refractivity contribution is 1.48. The zero-order valence-electron chi connectivity index (χ0n) is 20.7. The Hall–Kier alpha value is -5.19. The van der Waals surface area contributed by atoms with Gasteiger partial charge in [-0.2, -0.15) is 5.26 Å². The second kappa shape index (κ2) is 9.04. The smallest absolute Gasteiger partial charge is 0.0991 e. The van der Waals surface area contributed by atoms with Crippen molar-refractivity contribution >= 4 is 32.3 Å². The summed E-state index contributed by atoms with van der Waals surface area (Å²) in [5.41, 5.74) is 7.67. The van der Waals surface area contributed by atoms with Crippen LogP contribution in [-0.2, 0) is 0 Å². The summed E-state index contributed by atoms with van der Waals surface area (Å²) in [5.74, 6) is 0. The van der Waals surface area contributed by atoms with Crippen LogP contribution in [0.2, 0.25) is 0 Å². The van der Waals surface area contributed by atoms with Crippen molar-refractivity contribution in [1.82, 2.24) is 0 Å². The van der Waals surface area contributed by atoms with Crippen LogP contribution < -0.4 is 0 Å². The Bertz CT molecular complexity index is 2040. The zero-order chi connectivity index (χ0) is 25.5. The minimum Gasteiger partial charge on any atom is -0.192 e. The van der Waals surface area contributed by atoms with Crippen LogP contribution in [0.5, 0.6) is 0 Å². The normalized spacial score (nSPS) is 11.1. The Morgan fingerprint density at radius 2 is 0.947 bits per heavy atom. The van der Waals surface area contributed by atoms with Gasteiger partial charge in [0.2, 0.25) is 0 Å². The first-order chi connectivity index (χ1) is 18.8. The molecule has 0 atom stereocenters. The van der Waals surface area contributed by atoms with Gasteiger partial charge >= 0.3 is 0 Å². The van der Waals surface area contributed by atoms with Crippen molar-refractivity contribution < 1.29 is 0 Å². The van der Waals surface area contributed by atoms with E-state index in [4.69, 9.17) is 0 Å². The SMILES string of the molecule is N#Cc1cccc(-c2cccc(-c3ccc4cc(-c5cc6ccccc6c6ccccc56)ccc4c3)c2)c1. The maximum absolute atomic E-state index is 9.28. The van der Waals surface area contributed by atoms with E-state index in [9.17, 15) is 5.26 Å². The van der Waals surface area contributed by atoms with Crippen LogP contribution in [-0.4, -0.2) is 0 Å². The summed E-state index contributed by atoms with van der Waals surface area (Å²) in [6, 6.07) is 51.7. The van der Waals surface area contributed by atoms with Gasteiger partial charge in [-0.25, -0.2) is 0 Å². The van der Waals surface area contributed by atoms with Crippen LogP contribution in [0, 0.1) is 11.3 Å². The number of nitriles is 1. The third-order valence-corrected chi connectivity index (χ3v) is 7.44. The molecule has 0 spiro atoms. The van der Waals surface area contributed by atoms with E-state index >= 15 is 0 Å². The summed E-state index contributed by atoms with van der Waals surface area (Å²) in [7, 11) is 0. The molecule has 0 unspecified atom stereocenters. The fraction of sp³-hybridized carbons (Fsp3) is 0.